The van der Waals surface area contributed by atoms with E-state index < -0.39 is 18.1 Å². The van der Waals surface area contributed by atoms with Gasteiger partial charge in [-0.15, -0.1) is 0 Å². The highest BCUT2D eigenvalue weighted by atomic mass is 28.4. The Morgan fingerprint density at radius 3 is 2.10 bits per heavy atom. The molecule has 4 heteroatoms. The molecule has 0 radical (unpaired) electrons. The molecule has 0 saturated carbocycles. The van der Waals surface area contributed by atoms with Crippen molar-refractivity contribution < 1.29 is 8.85 Å². The van der Waals surface area contributed by atoms with Crippen LogP contribution in [0.2, 0.25) is 12.6 Å². The normalized spacial score (nSPS) is 21.7. The first kappa shape index (κ1) is 14.7. The third-order valence-electron chi connectivity index (χ3n) is 4.13. The van der Waals surface area contributed by atoms with Crippen LogP contribution in [0.5, 0.6) is 0 Å². The van der Waals surface area contributed by atoms with Crippen molar-refractivity contribution in [1.82, 2.24) is 0 Å². The predicted molar refractivity (Wildman–Crippen MR) is 92.3 cm³/mol. The molecular weight excluding hydrogens is 292 g/mol. The lowest BCUT2D eigenvalue weighted by Gasteiger charge is -2.40. The molecule has 0 spiro atoms. The maximum Gasteiger partial charge on any atom is 0.259 e. The Morgan fingerprint density at radius 1 is 1.00 bits per heavy atom. The van der Waals surface area contributed by atoms with Crippen molar-refractivity contribution in [1.29, 1.82) is 0 Å². The van der Waals surface area contributed by atoms with Crippen LogP contribution in [-0.2, 0) is 8.85 Å². The lowest BCUT2D eigenvalue weighted by atomic mass is 10.3. The molecule has 1 unspecified atom stereocenters. The summed E-state index contributed by atoms with van der Waals surface area (Å²) in [5.74, 6) is 0. The number of hydrogen-bond acceptors (Lipinski definition) is 2. The van der Waals surface area contributed by atoms with Crippen LogP contribution in [0.1, 0.15) is 12.8 Å². The van der Waals surface area contributed by atoms with Crippen LogP contribution in [0.15, 0.2) is 60.7 Å². The van der Waals surface area contributed by atoms with Crippen LogP contribution < -0.4 is 10.4 Å². The van der Waals surface area contributed by atoms with Crippen LogP contribution in [0.25, 0.3) is 0 Å². The van der Waals surface area contributed by atoms with Gasteiger partial charge in [-0.2, -0.15) is 0 Å². The van der Waals surface area contributed by atoms with E-state index in [1.807, 2.05) is 0 Å². The molecule has 1 aliphatic rings. The van der Waals surface area contributed by atoms with Crippen molar-refractivity contribution in [3.63, 3.8) is 0 Å². The smallest absolute Gasteiger partial charge is 0.259 e. The summed E-state index contributed by atoms with van der Waals surface area (Å²) in [6.07, 6.45) is 2.23. The molecule has 1 aliphatic heterocycles. The quantitative estimate of drug-likeness (QED) is 0.804. The van der Waals surface area contributed by atoms with E-state index in [-0.39, 0.29) is 6.29 Å². The molecule has 1 saturated heterocycles. The summed E-state index contributed by atoms with van der Waals surface area (Å²) in [6.45, 7) is 2.17. The molecule has 1 atom stereocenters. The predicted octanol–water partition coefficient (Wildman–Crippen LogP) is 2.03. The van der Waals surface area contributed by atoms with Crippen molar-refractivity contribution >= 4 is 28.5 Å². The standard InChI is InChI=1S/C17H22O2Si2/c1-20-18-17-13-8-14-21(19-17,15-9-4-2-5-10-15)16-11-6-3-7-12-16/h2-7,9-12,17H,8,13-14,20H2,1H3. The SMILES string of the molecule is C[SiH2]OC1CCC[Si](c2ccccc2)(c2ccccc2)O1. The fraction of sp³-hybridized carbons (Fsp3) is 0.294. The van der Waals surface area contributed by atoms with E-state index in [2.05, 4.69) is 67.2 Å². The highest BCUT2D eigenvalue weighted by Gasteiger charge is 2.44. The van der Waals surface area contributed by atoms with Crippen LogP contribution in [-0.4, -0.2) is 24.4 Å². The van der Waals surface area contributed by atoms with E-state index in [0.717, 1.165) is 12.5 Å². The van der Waals surface area contributed by atoms with Gasteiger partial charge in [-0.1, -0.05) is 67.2 Å². The van der Waals surface area contributed by atoms with E-state index in [0.29, 0.717) is 0 Å². The van der Waals surface area contributed by atoms with Gasteiger partial charge in [0.1, 0.15) is 6.29 Å². The Bertz CT molecular complexity index is 518. The van der Waals surface area contributed by atoms with Gasteiger partial charge in [0.05, 0.1) is 0 Å². The van der Waals surface area contributed by atoms with Crippen molar-refractivity contribution in [2.24, 2.45) is 0 Å². The van der Waals surface area contributed by atoms with Crippen LogP contribution in [0.3, 0.4) is 0 Å². The van der Waals surface area contributed by atoms with Gasteiger partial charge in [-0.3, -0.25) is 0 Å². The summed E-state index contributed by atoms with van der Waals surface area (Å²) >= 11 is 0. The second kappa shape index (κ2) is 6.70. The second-order valence-electron chi connectivity index (χ2n) is 5.45. The van der Waals surface area contributed by atoms with E-state index >= 15 is 0 Å². The minimum absolute atomic E-state index is 0.00231. The molecule has 3 rings (SSSR count). The van der Waals surface area contributed by atoms with Crippen LogP contribution in [0.4, 0.5) is 0 Å². The molecule has 2 aromatic carbocycles. The minimum Gasteiger partial charge on any atom is -0.401 e. The molecule has 110 valence electrons. The lowest BCUT2D eigenvalue weighted by molar-refractivity contribution is -0.0134. The molecule has 2 aromatic rings. The zero-order chi connectivity index (χ0) is 14.5. The fourth-order valence-electron chi connectivity index (χ4n) is 3.17. The number of rotatable bonds is 4. The number of benzene rings is 2. The summed E-state index contributed by atoms with van der Waals surface area (Å²) < 4.78 is 12.6. The molecule has 0 aliphatic carbocycles. The van der Waals surface area contributed by atoms with Gasteiger partial charge in [0.25, 0.3) is 8.32 Å². The average molecular weight is 315 g/mol. The lowest BCUT2D eigenvalue weighted by Crippen LogP contribution is -2.64. The van der Waals surface area contributed by atoms with Gasteiger partial charge in [0.15, 0.2) is 9.76 Å². The largest absolute Gasteiger partial charge is 0.401 e. The summed E-state index contributed by atoms with van der Waals surface area (Å²) in [6, 6.07) is 22.7. The first-order chi connectivity index (χ1) is 10.3. The van der Waals surface area contributed by atoms with Gasteiger partial charge >= 0.3 is 0 Å². The van der Waals surface area contributed by atoms with Gasteiger partial charge in [-0.05, 0) is 29.3 Å². The van der Waals surface area contributed by atoms with Crippen molar-refractivity contribution in [2.75, 3.05) is 0 Å². The summed E-state index contributed by atoms with van der Waals surface area (Å²) in [5, 5.41) is 2.73. The second-order valence-corrected chi connectivity index (χ2v) is 9.91. The molecule has 0 N–H and O–H groups in total. The van der Waals surface area contributed by atoms with Gasteiger partial charge in [-0.25, -0.2) is 0 Å². The molecular formula is C17H22O2Si2. The highest BCUT2D eigenvalue weighted by molar-refractivity contribution is 6.97. The number of hydrogen-bond donors (Lipinski definition) is 0. The average Bonchev–Trinajstić information content (AvgIpc) is 2.57. The third-order valence-corrected chi connectivity index (χ3v) is 9.09. The topological polar surface area (TPSA) is 18.5 Å². The Kier molecular flexibility index (Phi) is 4.70. The summed E-state index contributed by atoms with van der Waals surface area (Å²) in [4.78, 5) is 0. The molecule has 1 heterocycles. The maximum atomic E-state index is 6.64. The molecule has 0 bridgehead atoms. The first-order valence-electron chi connectivity index (χ1n) is 7.75. The Morgan fingerprint density at radius 2 is 1.57 bits per heavy atom. The first-order valence-corrected chi connectivity index (χ1v) is 11.9. The van der Waals surface area contributed by atoms with Crippen LogP contribution >= 0.6 is 0 Å². The fourth-order valence-corrected chi connectivity index (χ4v) is 8.01. The van der Waals surface area contributed by atoms with Crippen LogP contribution in [0, 0.1) is 0 Å². The molecule has 2 nitrogen and oxygen atoms in total. The maximum absolute atomic E-state index is 6.64. The van der Waals surface area contributed by atoms with E-state index in [4.69, 9.17) is 8.85 Å². The zero-order valence-corrected chi connectivity index (χ0v) is 14.9. The molecule has 21 heavy (non-hydrogen) atoms. The molecule has 0 aromatic heterocycles. The minimum atomic E-state index is -2.14. The van der Waals surface area contributed by atoms with Crippen molar-refractivity contribution in [2.45, 2.75) is 31.7 Å². The van der Waals surface area contributed by atoms with E-state index in [9.17, 15) is 0 Å². The highest BCUT2D eigenvalue weighted by Crippen LogP contribution is 2.26. The third kappa shape index (κ3) is 3.03. The Hall–Kier alpha value is -1.21. The monoisotopic (exact) mass is 314 g/mol. The van der Waals surface area contributed by atoms with Gasteiger partial charge < -0.3 is 8.85 Å². The van der Waals surface area contributed by atoms with Crippen molar-refractivity contribution in [3.8, 4) is 0 Å². The molecule has 0 amide bonds. The molecule has 1 fully saturated rings. The van der Waals surface area contributed by atoms with Crippen molar-refractivity contribution in [3.05, 3.63) is 60.7 Å². The zero-order valence-electron chi connectivity index (χ0n) is 12.5. The van der Waals surface area contributed by atoms with E-state index in [1.54, 1.807) is 0 Å². The van der Waals surface area contributed by atoms with Gasteiger partial charge in [0.2, 0.25) is 0 Å². The van der Waals surface area contributed by atoms with E-state index in [1.165, 1.54) is 16.8 Å². The Balaban J connectivity index is 2.03. The Labute approximate surface area is 130 Å². The van der Waals surface area contributed by atoms with Gasteiger partial charge in [0, 0.05) is 0 Å². The summed E-state index contributed by atoms with van der Waals surface area (Å²) in [7, 11) is -2.58. The summed E-state index contributed by atoms with van der Waals surface area (Å²) in [5.41, 5.74) is 0.